The summed E-state index contributed by atoms with van der Waals surface area (Å²) in [6, 6.07) is 8.91. The van der Waals surface area contributed by atoms with E-state index in [2.05, 4.69) is 31.0 Å². The van der Waals surface area contributed by atoms with Crippen LogP contribution in [0.5, 0.6) is 5.75 Å². The van der Waals surface area contributed by atoms with Crippen molar-refractivity contribution in [2.45, 2.75) is 38.9 Å². The predicted octanol–water partition coefficient (Wildman–Crippen LogP) is 2.14. The number of piperazine rings is 1. The van der Waals surface area contributed by atoms with Crippen molar-refractivity contribution in [3.05, 3.63) is 29.8 Å². The second-order valence-electron chi connectivity index (χ2n) is 5.09. The predicted molar refractivity (Wildman–Crippen MR) is 70.2 cm³/mol. The van der Waals surface area contributed by atoms with Gasteiger partial charge in [0, 0.05) is 36.8 Å². The summed E-state index contributed by atoms with van der Waals surface area (Å²) >= 11 is 0. The Morgan fingerprint density at radius 2 is 2.06 bits per heavy atom. The Morgan fingerprint density at radius 3 is 2.76 bits per heavy atom. The third-order valence-electron chi connectivity index (χ3n) is 3.70. The number of benzene rings is 1. The number of phenols is 1. The van der Waals surface area contributed by atoms with E-state index in [9.17, 15) is 5.11 Å². The quantitative estimate of drug-likeness (QED) is 0.823. The van der Waals surface area contributed by atoms with Crippen LogP contribution < -0.4 is 5.32 Å². The smallest absolute Gasteiger partial charge is 0.120 e. The van der Waals surface area contributed by atoms with Gasteiger partial charge in [0.2, 0.25) is 0 Å². The van der Waals surface area contributed by atoms with Crippen LogP contribution in [-0.4, -0.2) is 35.2 Å². The van der Waals surface area contributed by atoms with E-state index in [1.807, 2.05) is 18.2 Å². The Bertz CT molecular complexity index is 380. The van der Waals surface area contributed by atoms with Gasteiger partial charge in [-0.1, -0.05) is 18.2 Å². The Morgan fingerprint density at radius 1 is 1.35 bits per heavy atom. The van der Waals surface area contributed by atoms with Crippen LogP contribution in [0.3, 0.4) is 0 Å². The van der Waals surface area contributed by atoms with Crippen LogP contribution in [0.25, 0.3) is 0 Å². The maximum absolute atomic E-state index is 9.92. The van der Waals surface area contributed by atoms with Crippen LogP contribution in [0.1, 0.15) is 32.4 Å². The van der Waals surface area contributed by atoms with Gasteiger partial charge in [0.15, 0.2) is 0 Å². The summed E-state index contributed by atoms with van der Waals surface area (Å²) in [6.07, 6.45) is 0. The number of aromatic hydroxyl groups is 1. The first kappa shape index (κ1) is 12.4. The van der Waals surface area contributed by atoms with Gasteiger partial charge in [-0.05, 0) is 26.8 Å². The monoisotopic (exact) mass is 234 g/mol. The molecule has 1 fully saturated rings. The lowest BCUT2D eigenvalue weighted by atomic mass is 10.0. The second-order valence-corrected chi connectivity index (χ2v) is 5.09. The van der Waals surface area contributed by atoms with Crippen molar-refractivity contribution < 1.29 is 5.11 Å². The van der Waals surface area contributed by atoms with Gasteiger partial charge >= 0.3 is 0 Å². The van der Waals surface area contributed by atoms with Crippen LogP contribution in [0, 0.1) is 0 Å². The standard InChI is InChI=1S/C14H22N2O/c1-10-9-16(11(2)8-15-10)12(3)13-6-4-5-7-14(13)17/h4-7,10-12,15,17H,8-9H2,1-3H3. The third kappa shape index (κ3) is 2.61. The van der Waals surface area contributed by atoms with Gasteiger partial charge in [-0.25, -0.2) is 0 Å². The van der Waals surface area contributed by atoms with Gasteiger partial charge in [0.05, 0.1) is 0 Å². The third-order valence-corrected chi connectivity index (χ3v) is 3.70. The summed E-state index contributed by atoms with van der Waals surface area (Å²) in [4.78, 5) is 2.45. The van der Waals surface area contributed by atoms with Crippen LogP contribution >= 0.6 is 0 Å². The molecule has 1 aromatic rings. The lowest BCUT2D eigenvalue weighted by molar-refractivity contribution is 0.102. The number of nitrogens with zero attached hydrogens (tertiary/aromatic N) is 1. The van der Waals surface area contributed by atoms with E-state index in [1.54, 1.807) is 6.07 Å². The summed E-state index contributed by atoms with van der Waals surface area (Å²) < 4.78 is 0. The molecule has 1 saturated heterocycles. The highest BCUT2D eigenvalue weighted by Crippen LogP contribution is 2.30. The molecule has 1 aliphatic heterocycles. The fraction of sp³-hybridized carbons (Fsp3) is 0.571. The average Bonchev–Trinajstić information content (AvgIpc) is 2.32. The molecule has 0 aliphatic carbocycles. The van der Waals surface area contributed by atoms with Crippen LogP contribution in [0.15, 0.2) is 24.3 Å². The average molecular weight is 234 g/mol. The minimum absolute atomic E-state index is 0.260. The molecule has 0 aromatic heterocycles. The number of para-hydroxylation sites is 1. The summed E-state index contributed by atoms with van der Waals surface area (Å²) in [5.41, 5.74) is 1.02. The molecule has 94 valence electrons. The molecule has 0 radical (unpaired) electrons. The van der Waals surface area contributed by atoms with Gasteiger partial charge in [0.1, 0.15) is 5.75 Å². The van der Waals surface area contributed by atoms with Gasteiger partial charge in [0.25, 0.3) is 0 Å². The molecule has 3 heteroatoms. The molecule has 3 nitrogen and oxygen atoms in total. The van der Waals surface area contributed by atoms with Crippen LogP contribution in [0.2, 0.25) is 0 Å². The zero-order chi connectivity index (χ0) is 12.4. The van der Waals surface area contributed by atoms with Crippen LogP contribution in [-0.2, 0) is 0 Å². The van der Waals surface area contributed by atoms with Crippen molar-refractivity contribution in [2.24, 2.45) is 0 Å². The summed E-state index contributed by atoms with van der Waals surface area (Å²) in [5, 5.41) is 13.4. The number of rotatable bonds is 2. The van der Waals surface area contributed by atoms with Crippen molar-refractivity contribution in [3.8, 4) is 5.75 Å². The lowest BCUT2D eigenvalue weighted by Crippen LogP contribution is -2.54. The number of nitrogens with one attached hydrogen (secondary N) is 1. The first-order valence-corrected chi connectivity index (χ1v) is 6.36. The normalized spacial score (nSPS) is 27.9. The molecule has 1 aliphatic rings. The van der Waals surface area contributed by atoms with E-state index in [4.69, 9.17) is 0 Å². The van der Waals surface area contributed by atoms with Crippen molar-refractivity contribution >= 4 is 0 Å². The van der Waals surface area contributed by atoms with Crippen molar-refractivity contribution in [2.75, 3.05) is 13.1 Å². The van der Waals surface area contributed by atoms with Gasteiger partial charge in [-0.3, -0.25) is 4.90 Å². The SMILES string of the molecule is CC1CN(C(C)c2ccccc2O)C(C)CN1. The van der Waals surface area contributed by atoms with E-state index in [-0.39, 0.29) is 6.04 Å². The number of phenolic OH excluding ortho intramolecular Hbond substituents is 1. The van der Waals surface area contributed by atoms with Crippen molar-refractivity contribution in [1.82, 2.24) is 10.2 Å². The molecule has 0 spiro atoms. The van der Waals surface area contributed by atoms with Gasteiger partial charge in [-0.15, -0.1) is 0 Å². The fourth-order valence-corrected chi connectivity index (χ4v) is 2.61. The molecule has 0 amide bonds. The zero-order valence-corrected chi connectivity index (χ0v) is 10.9. The highest BCUT2D eigenvalue weighted by atomic mass is 16.3. The molecule has 0 saturated carbocycles. The summed E-state index contributed by atoms with van der Waals surface area (Å²) in [7, 11) is 0. The molecule has 17 heavy (non-hydrogen) atoms. The lowest BCUT2D eigenvalue weighted by Gasteiger charge is -2.41. The summed E-state index contributed by atoms with van der Waals surface area (Å²) in [5.74, 6) is 0.401. The summed E-state index contributed by atoms with van der Waals surface area (Å²) in [6.45, 7) is 8.64. The zero-order valence-electron chi connectivity index (χ0n) is 10.9. The minimum Gasteiger partial charge on any atom is -0.508 e. The van der Waals surface area contributed by atoms with Crippen molar-refractivity contribution in [3.63, 3.8) is 0 Å². The van der Waals surface area contributed by atoms with E-state index in [1.165, 1.54) is 0 Å². The van der Waals surface area contributed by atoms with Crippen molar-refractivity contribution in [1.29, 1.82) is 0 Å². The fourth-order valence-electron chi connectivity index (χ4n) is 2.61. The molecule has 2 rings (SSSR count). The first-order valence-electron chi connectivity index (χ1n) is 6.36. The van der Waals surface area contributed by atoms with E-state index in [0.717, 1.165) is 18.7 Å². The Labute approximate surface area is 103 Å². The van der Waals surface area contributed by atoms with E-state index in [0.29, 0.717) is 17.8 Å². The second kappa shape index (κ2) is 5.07. The maximum Gasteiger partial charge on any atom is 0.120 e. The molecule has 3 atom stereocenters. The Balaban J connectivity index is 2.18. The maximum atomic E-state index is 9.92. The number of hydrogen-bond acceptors (Lipinski definition) is 3. The molecule has 1 heterocycles. The minimum atomic E-state index is 0.260. The Hall–Kier alpha value is -1.06. The van der Waals surface area contributed by atoms with Crippen LogP contribution in [0.4, 0.5) is 0 Å². The van der Waals surface area contributed by atoms with Gasteiger partial charge < -0.3 is 10.4 Å². The molecule has 0 bridgehead atoms. The van der Waals surface area contributed by atoms with E-state index >= 15 is 0 Å². The largest absolute Gasteiger partial charge is 0.508 e. The number of hydrogen-bond donors (Lipinski definition) is 2. The molecule has 1 aromatic carbocycles. The first-order chi connectivity index (χ1) is 8.09. The van der Waals surface area contributed by atoms with E-state index < -0.39 is 0 Å². The molecule has 2 N–H and O–H groups in total. The molecular formula is C14H22N2O. The molecular weight excluding hydrogens is 212 g/mol. The topological polar surface area (TPSA) is 35.5 Å². The van der Waals surface area contributed by atoms with Gasteiger partial charge in [-0.2, -0.15) is 0 Å². The highest BCUT2D eigenvalue weighted by molar-refractivity contribution is 5.34. The highest BCUT2D eigenvalue weighted by Gasteiger charge is 2.28. The molecule has 3 unspecified atom stereocenters. The Kier molecular flexibility index (Phi) is 3.69.